The zero-order valence-corrected chi connectivity index (χ0v) is 14.1. The minimum atomic E-state index is 0.321. The van der Waals surface area contributed by atoms with Crippen molar-refractivity contribution in [3.05, 3.63) is 47.7 Å². The molecule has 0 aliphatic carbocycles. The third-order valence-corrected chi connectivity index (χ3v) is 4.52. The van der Waals surface area contributed by atoms with Crippen molar-refractivity contribution in [1.82, 2.24) is 10.9 Å². The molecule has 0 saturated carbocycles. The molecule has 22 heavy (non-hydrogen) atoms. The first-order valence-electron chi connectivity index (χ1n) is 9.16. The Balaban J connectivity index is 1.53. The molecule has 1 heterocycles. The summed E-state index contributed by atoms with van der Waals surface area (Å²) in [7, 11) is 0. The molecule has 1 unspecified atom stereocenters. The van der Waals surface area contributed by atoms with Gasteiger partial charge in [0.25, 0.3) is 0 Å². The summed E-state index contributed by atoms with van der Waals surface area (Å²) in [6, 6.07) is 9.39. The van der Waals surface area contributed by atoms with Crippen LogP contribution >= 0.6 is 0 Å². The zero-order chi connectivity index (χ0) is 15.5. The average molecular weight is 300 g/mol. The van der Waals surface area contributed by atoms with Gasteiger partial charge in [-0.2, -0.15) is 0 Å². The Kier molecular flexibility index (Phi) is 8.11. The summed E-state index contributed by atoms with van der Waals surface area (Å²) in [5.74, 6) is 0. The van der Waals surface area contributed by atoms with E-state index in [9.17, 15) is 0 Å². The van der Waals surface area contributed by atoms with Crippen molar-refractivity contribution in [1.29, 1.82) is 0 Å². The molecule has 1 aromatic carbocycles. The molecule has 0 amide bonds. The van der Waals surface area contributed by atoms with Crippen LogP contribution in [0.1, 0.15) is 81.9 Å². The van der Waals surface area contributed by atoms with Crippen molar-refractivity contribution in [2.75, 3.05) is 0 Å². The quantitative estimate of drug-likeness (QED) is 0.533. The summed E-state index contributed by atoms with van der Waals surface area (Å²) >= 11 is 0. The van der Waals surface area contributed by atoms with Crippen molar-refractivity contribution in [2.24, 2.45) is 0 Å². The van der Waals surface area contributed by atoms with Gasteiger partial charge in [-0.25, -0.2) is 5.43 Å². The van der Waals surface area contributed by atoms with Gasteiger partial charge in [0.15, 0.2) is 0 Å². The molecule has 0 saturated heterocycles. The van der Waals surface area contributed by atoms with Crippen LogP contribution in [-0.2, 0) is 6.42 Å². The molecule has 1 aliphatic heterocycles. The second-order valence-electron chi connectivity index (χ2n) is 6.45. The predicted octanol–water partition coefficient (Wildman–Crippen LogP) is 5.42. The maximum Gasteiger partial charge on any atom is 0.0707 e. The molecule has 0 bridgehead atoms. The number of hydrazine groups is 1. The van der Waals surface area contributed by atoms with Crippen LogP contribution in [0.25, 0.3) is 0 Å². The van der Waals surface area contributed by atoms with E-state index in [2.05, 4.69) is 48.1 Å². The lowest BCUT2D eigenvalue weighted by Crippen LogP contribution is -2.24. The lowest BCUT2D eigenvalue weighted by molar-refractivity contribution is 0.565. The van der Waals surface area contributed by atoms with E-state index >= 15 is 0 Å². The minimum Gasteiger partial charge on any atom is -0.328 e. The number of nitrogens with one attached hydrogen (secondary N) is 2. The first kappa shape index (κ1) is 17.1. The monoisotopic (exact) mass is 300 g/mol. The zero-order valence-electron chi connectivity index (χ0n) is 14.1. The number of aryl methyl sites for hydroxylation is 1. The normalized spacial score (nSPS) is 16.9. The predicted molar refractivity (Wildman–Crippen MR) is 95.5 cm³/mol. The van der Waals surface area contributed by atoms with Gasteiger partial charge in [0.05, 0.1) is 6.04 Å². The molecule has 0 aromatic heterocycles. The van der Waals surface area contributed by atoms with Crippen LogP contribution in [0.5, 0.6) is 0 Å². The van der Waals surface area contributed by atoms with E-state index in [0.29, 0.717) is 6.04 Å². The van der Waals surface area contributed by atoms with Crippen LogP contribution in [0.3, 0.4) is 0 Å². The molecule has 1 aromatic rings. The molecular weight excluding hydrogens is 268 g/mol. The summed E-state index contributed by atoms with van der Waals surface area (Å²) < 4.78 is 0. The Morgan fingerprint density at radius 1 is 0.818 bits per heavy atom. The average Bonchev–Trinajstić information content (AvgIpc) is 3.08. The van der Waals surface area contributed by atoms with E-state index in [4.69, 9.17) is 0 Å². The van der Waals surface area contributed by atoms with Gasteiger partial charge in [0.1, 0.15) is 0 Å². The molecule has 2 heteroatoms. The van der Waals surface area contributed by atoms with Gasteiger partial charge < -0.3 is 5.43 Å². The van der Waals surface area contributed by atoms with Crippen LogP contribution in [0.15, 0.2) is 36.5 Å². The molecule has 0 radical (unpaired) electrons. The van der Waals surface area contributed by atoms with Crippen molar-refractivity contribution < 1.29 is 0 Å². The van der Waals surface area contributed by atoms with Gasteiger partial charge in [-0.1, -0.05) is 82.6 Å². The number of hydrogen-bond donors (Lipinski definition) is 2. The highest BCUT2D eigenvalue weighted by molar-refractivity contribution is 5.28. The van der Waals surface area contributed by atoms with Gasteiger partial charge in [-0.05, 0) is 30.0 Å². The summed E-state index contributed by atoms with van der Waals surface area (Å²) in [5, 5.41) is 0. The smallest absolute Gasteiger partial charge is 0.0707 e. The van der Waals surface area contributed by atoms with E-state index in [0.717, 1.165) is 0 Å². The highest BCUT2D eigenvalue weighted by Crippen LogP contribution is 2.18. The largest absolute Gasteiger partial charge is 0.328 e. The molecule has 1 aliphatic rings. The Hall–Kier alpha value is -1.28. The number of unbranched alkanes of at least 4 members (excludes halogenated alkanes) is 8. The van der Waals surface area contributed by atoms with Gasteiger partial charge in [0.2, 0.25) is 0 Å². The Labute approximate surface area is 136 Å². The fourth-order valence-corrected chi connectivity index (χ4v) is 3.06. The SMILES string of the molecule is CCCCCCCCCCCc1ccc(C2C=CNN2)cc1. The second kappa shape index (κ2) is 10.4. The molecule has 0 spiro atoms. The summed E-state index contributed by atoms with van der Waals surface area (Å²) in [5.41, 5.74) is 9.04. The van der Waals surface area contributed by atoms with Gasteiger partial charge >= 0.3 is 0 Å². The molecule has 2 nitrogen and oxygen atoms in total. The van der Waals surface area contributed by atoms with Crippen LogP contribution in [0.2, 0.25) is 0 Å². The van der Waals surface area contributed by atoms with E-state index in [1.54, 1.807) is 0 Å². The van der Waals surface area contributed by atoms with Crippen molar-refractivity contribution in [3.8, 4) is 0 Å². The van der Waals surface area contributed by atoms with E-state index in [-0.39, 0.29) is 0 Å². The van der Waals surface area contributed by atoms with Crippen LogP contribution in [0.4, 0.5) is 0 Å². The van der Waals surface area contributed by atoms with Crippen LogP contribution in [-0.4, -0.2) is 0 Å². The lowest BCUT2D eigenvalue weighted by atomic mass is 10.0. The number of benzene rings is 1. The van der Waals surface area contributed by atoms with Crippen molar-refractivity contribution >= 4 is 0 Å². The van der Waals surface area contributed by atoms with E-state index < -0.39 is 0 Å². The molecule has 2 N–H and O–H groups in total. The molecular formula is C20H32N2. The van der Waals surface area contributed by atoms with Gasteiger partial charge in [-0.15, -0.1) is 0 Å². The second-order valence-corrected chi connectivity index (χ2v) is 6.45. The Morgan fingerprint density at radius 2 is 1.45 bits per heavy atom. The molecule has 0 fully saturated rings. The minimum absolute atomic E-state index is 0.321. The Morgan fingerprint density at radius 3 is 2.05 bits per heavy atom. The number of rotatable bonds is 11. The fraction of sp³-hybridized carbons (Fsp3) is 0.600. The van der Waals surface area contributed by atoms with Crippen LogP contribution in [0, 0.1) is 0 Å². The topological polar surface area (TPSA) is 24.1 Å². The van der Waals surface area contributed by atoms with Crippen molar-refractivity contribution in [2.45, 2.75) is 77.2 Å². The van der Waals surface area contributed by atoms with E-state index in [1.807, 2.05) is 6.20 Å². The Bertz CT molecular complexity index is 422. The molecule has 122 valence electrons. The van der Waals surface area contributed by atoms with Gasteiger partial charge in [-0.3, -0.25) is 0 Å². The maximum absolute atomic E-state index is 3.22. The summed E-state index contributed by atoms with van der Waals surface area (Å²) in [6.45, 7) is 2.28. The van der Waals surface area contributed by atoms with E-state index in [1.165, 1.54) is 75.3 Å². The molecule has 2 rings (SSSR count). The molecule has 1 atom stereocenters. The standard InChI is InChI=1S/C20H32N2/c1-2-3-4-5-6-7-8-9-10-11-18-12-14-19(15-13-18)20-16-17-21-22-20/h12-17,20-22H,2-11H2,1H3. The highest BCUT2D eigenvalue weighted by Gasteiger charge is 2.09. The van der Waals surface area contributed by atoms with Gasteiger partial charge in [0, 0.05) is 6.20 Å². The maximum atomic E-state index is 3.22. The first-order chi connectivity index (χ1) is 10.9. The summed E-state index contributed by atoms with van der Waals surface area (Å²) in [6.07, 6.45) is 18.0. The lowest BCUT2D eigenvalue weighted by Gasteiger charge is -2.10. The fourth-order valence-electron chi connectivity index (χ4n) is 3.06. The third kappa shape index (κ3) is 6.23. The number of hydrogen-bond acceptors (Lipinski definition) is 2. The third-order valence-electron chi connectivity index (χ3n) is 4.52. The van der Waals surface area contributed by atoms with Crippen LogP contribution < -0.4 is 10.9 Å². The highest BCUT2D eigenvalue weighted by atomic mass is 15.4. The van der Waals surface area contributed by atoms with Crippen molar-refractivity contribution in [3.63, 3.8) is 0 Å². The first-order valence-corrected chi connectivity index (χ1v) is 9.16. The summed E-state index contributed by atoms with van der Waals surface area (Å²) in [4.78, 5) is 0.